The number of nitrogens with zero attached hydrogens (tertiary/aromatic N) is 1. The summed E-state index contributed by atoms with van der Waals surface area (Å²) in [7, 11) is 0. The number of H-pyrrole nitrogens is 1. The molecule has 1 aromatic carbocycles. The van der Waals surface area contributed by atoms with Gasteiger partial charge in [0, 0.05) is 11.5 Å². The van der Waals surface area contributed by atoms with E-state index >= 15 is 0 Å². The molecule has 0 fully saturated rings. The maximum absolute atomic E-state index is 11.9. The van der Waals surface area contributed by atoms with Crippen molar-refractivity contribution >= 4 is 0 Å². The average molecular weight is 286 g/mol. The summed E-state index contributed by atoms with van der Waals surface area (Å²) in [5, 5.41) is 0. The number of hydrogen-bond acceptors (Lipinski definition) is 4. The molecule has 0 amide bonds. The number of aromatic nitrogens is 2. The molecule has 0 bridgehead atoms. The van der Waals surface area contributed by atoms with Crippen molar-refractivity contribution in [3.05, 3.63) is 52.2 Å². The fraction of sp³-hybridized carbons (Fsp3) is 0.375. The van der Waals surface area contributed by atoms with E-state index in [0.717, 1.165) is 5.69 Å². The predicted molar refractivity (Wildman–Crippen MR) is 78.9 cm³/mol. The first-order valence-electron chi connectivity index (χ1n) is 6.94. The number of nitrogens with one attached hydrogen (secondary N) is 1. The molecule has 2 aromatic rings. The third-order valence-corrected chi connectivity index (χ3v) is 3.34. The van der Waals surface area contributed by atoms with E-state index in [9.17, 15) is 4.79 Å². The minimum absolute atomic E-state index is 0.174. The summed E-state index contributed by atoms with van der Waals surface area (Å²) in [6.07, 6.45) is -0.408. The van der Waals surface area contributed by atoms with Crippen LogP contribution in [-0.2, 0) is 5.41 Å². The fourth-order valence-corrected chi connectivity index (χ4v) is 2.17. The van der Waals surface area contributed by atoms with Gasteiger partial charge in [-0.05, 0) is 12.1 Å². The molecule has 1 aromatic heterocycles. The zero-order chi connectivity index (χ0) is 15.0. The third kappa shape index (κ3) is 2.77. The molecule has 0 aliphatic carbocycles. The smallest absolute Gasteiger partial charge is 0.251 e. The van der Waals surface area contributed by atoms with Crippen LogP contribution in [0.1, 0.15) is 38.4 Å². The van der Waals surface area contributed by atoms with Crippen molar-refractivity contribution in [2.45, 2.75) is 32.3 Å². The lowest BCUT2D eigenvalue weighted by atomic mass is 9.92. The van der Waals surface area contributed by atoms with Crippen molar-refractivity contribution in [3.63, 3.8) is 0 Å². The Bertz CT molecular complexity index is 716. The highest BCUT2D eigenvalue weighted by Gasteiger charge is 2.26. The van der Waals surface area contributed by atoms with Gasteiger partial charge in [-0.25, -0.2) is 4.98 Å². The van der Waals surface area contributed by atoms with Crippen LogP contribution < -0.4 is 15.0 Å². The zero-order valence-electron chi connectivity index (χ0n) is 12.3. The molecule has 0 saturated carbocycles. The standard InChI is InChI=1S/C16H18N2O3/c1-16(2,3)13-8-14(19)18-15(17-13)12-9-20-10-6-4-5-7-11(10)21-12/h4-8,12H,9H2,1-3H3,(H,17,18,19). The molecule has 1 atom stereocenters. The molecule has 2 heterocycles. The van der Waals surface area contributed by atoms with Crippen molar-refractivity contribution in [3.8, 4) is 11.5 Å². The third-order valence-electron chi connectivity index (χ3n) is 3.34. The zero-order valence-corrected chi connectivity index (χ0v) is 12.3. The summed E-state index contributed by atoms with van der Waals surface area (Å²) in [6.45, 7) is 6.39. The lowest BCUT2D eigenvalue weighted by molar-refractivity contribution is 0.0845. The number of hydrogen-bond donors (Lipinski definition) is 1. The molecule has 5 nitrogen and oxygen atoms in total. The molecule has 1 aliphatic rings. The number of fused-ring (bicyclic) bond motifs is 1. The Morgan fingerprint density at radius 3 is 2.67 bits per heavy atom. The van der Waals surface area contributed by atoms with E-state index in [1.54, 1.807) is 0 Å². The van der Waals surface area contributed by atoms with Crippen LogP contribution in [0.15, 0.2) is 35.1 Å². The van der Waals surface area contributed by atoms with E-state index in [4.69, 9.17) is 9.47 Å². The maximum atomic E-state index is 11.9. The Hall–Kier alpha value is -2.30. The van der Waals surface area contributed by atoms with Crippen LogP contribution >= 0.6 is 0 Å². The minimum Gasteiger partial charge on any atom is -0.485 e. The highest BCUT2D eigenvalue weighted by molar-refractivity contribution is 5.41. The van der Waals surface area contributed by atoms with Gasteiger partial charge in [0.2, 0.25) is 0 Å². The highest BCUT2D eigenvalue weighted by Crippen LogP contribution is 2.35. The molecule has 5 heteroatoms. The molecule has 0 saturated heterocycles. The number of ether oxygens (including phenoxy) is 2. The molecule has 21 heavy (non-hydrogen) atoms. The monoisotopic (exact) mass is 286 g/mol. The van der Waals surface area contributed by atoms with E-state index in [1.165, 1.54) is 6.07 Å². The van der Waals surface area contributed by atoms with Gasteiger partial charge in [-0.2, -0.15) is 0 Å². The van der Waals surface area contributed by atoms with Crippen molar-refractivity contribution in [2.24, 2.45) is 0 Å². The number of benzene rings is 1. The normalized spacial score (nSPS) is 17.6. The number of para-hydroxylation sites is 2. The van der Waals surface area contributed by atoms with E-state index < -0.39 is 6.10 Å². The van der Waals surface area contributed by atoms with Gasteiger partial charge in [0.25, 0.3) is 5.56 Å². The molecular weight excluding hydrogens is 268 g/mol. The van der Waals surface area contributed by atoms with Crippen LogP contribution in [0.25, 0.3) is 0 Å². The Balaban J connectivity index is 1.95. The fourth-order valence-electron chi connectivity index (χ4n) is 2.17. The number of aromatic amines is 1. The van der Waals surface area contributed by atoms with Gasteiger partial charge in [0.1, 0.15) is 6.61 Å². The summed E-state index contributed by atoms with van der Waals surface area (Å²) in [4.78, 5) is 19.1. The van der Waals surface area contributed by atoms with Gasteiger partial charge in [0.15, 0.2) is 23.4 Å². The second-order valence-electron chi connectivity index (χ2n) is 6.13. The lowest BCUT2D eigenvalue weighted by Gasteiger charge is -2.26. The van der Waals surface area contributed by atoms with E-state index in [1.807, 2.05) is 45.0 Å². The van der Waals surface area contributed by atoms with Gasteiger partial charge in [-0.3, -0.25) is 4.79 Å². The van der Waals surface area contributed by atoms with Crippen LogP contribution in [0.5, 0.6) is 11.5 Å². The molecule has 1 unspecified atom stereocenters. The SMILES string of the molecule is CC(C)(C)c1cc(=O)[nH]c(C2COc3ccccc3O2)n1. The van der Waals surface area contributed by atoms with Gasteiger partial charge < -0.3 is 14.5 Å². The molecule has 3 rings (SSSR count). The van der Waals surface area contributed by atoms with E-state index in [0.29, 0.717) is 23.9 Å². The van der Waals surface area contributed by atoms with Crippen molar-refractivity contribution in [1.29, 1.82) is 0 Å². The van der Waals surface area contributed by atoms with Crippen molar-refractivity contribution < 1.29 is 9.47 Å². The van der Waals surface area contributed by atoms with E-state index in [-0.39, 0.29) is 11.0 Å². The Morgan fingerprint density at radius 1 is 1.24 bits per heavy atom. The summed E-state index contributed by atoms with van der Waals surface area (Å²) >= 11 is 0. The summed E-state index contributed by atoms with van der Waals surface area (Å²) in [5.41, 5.74) is 0.368. The van der Waals surface area contributed by atoms with Gasteiger partial charge >= 0.3 is 0 Å². The Kier molecular flexibility index (Phi) is 3.20. The highest BCUT2D eigenvalue weighted by atomic mass is 16.6. The van der Waals surface area contributed by atoms with E-state index in [2.05, 4.69) is 9.97 Å². The molecule has 1 aliphatic heterocycles. The summed E-state index contributed by atoms with van der Waals surface area (Å²) in [6, 6.07) is 9.00. The van der Waals surface area contributed by atoms with Crippen molar-refractivity contribution in [2.75, 3.05) is 6.61 Å². The van der Waals surface area contributed by atoms with Crippen LogP contribution in [0.2, 0.25) is 0 Å². The van der Waals surface area contributed by atoms with Gasteiger partial charge in [0.05, 0.1) is 5.69 Å². The van der Waals surface area contributed by atoms with Crippen LogP contribution in [0, 0.1) is 0 Å². The average Bonchev–Trinajstić information content (AvgIpc) is 2.45. The second-order valence-corrected chi connectivity index (χ2v) is 6.13. The van der Waals surface area contributed by atoms with Crippen LogP contribution in [-0.4, -0.2) is 16.6 Å². The maximum Gasteiger partial charge on any atom is 0.251 e. The summed E-state index contributed by atoms with van der Waals surface area (Å²) in [5.74, 6) is 1.88. The molecule has 1 N–H and O–H groups in total. The quantitative estimate of drug-likeness (QED) is 0.875. The second kappa shape index (κ2) is 4.91. The molecule has 0 spiro atoms. The van der Waals surface area contributed by atoms with Crippen molar-refractivity contribution in [1.82, 2.24) is 9.97 Å². The predicted octanol–water partition coefficient (Wildman–Crippen LogP) is 2.58. The molecule has 110 valence electrons. The minimum atomic E-state index is -0.408. The molecular formula is C16H18N2O3. The van der Waals surface area contributed by atoms with Gasteiger partial charge in [-0.15, -0.1) is 0 Å². The first kappa shape index (κ1) is 13.7. The van der Waals surface area contributed by atoms with Crippen LogP contribution in [0.4, 0.5) is 0 Å². The summed E-state index contributed by atoms with van der Waals surface area (Å²) < 4.78 is 11.6. The Labute approximate surface area is 123 Å². The first-order valence-corrected chi connectivity index (χ1v) is 6.94. The Morgan fingerprint density at radius 2 is 1.95 bits per heavy atom. The first-order chi connectivity index (χ1) is 9.93. The van der Waals surface area contributed by atoms with Crippen LogP contribution in [0.3, 0.4) is 0 Å². The molecule has 0 radical (unpaired) electrons. The topological polar surface area (TPSA) is 64.2 Å². The lowest BCUT2D eigenvalue weighted by Crippen LogP contribution is -2.28. The number of rotatable bonds is 1. The van der Waals surface area contributed by atoms with Gasteiger partial charge in [-0.1, -0.05) is 32.9 Å². The largest absolute Gasteiger partial charge is 0.485 e.